The van der Waals surface area contributed by atoms with Crippen molar-refractivity contribution in [3.05, 3.63) is 17.5 Å². The number of hydrogen-bond acceptors (Lipinski definition) is 3. The highest BCUT2D eigenvalue weighted by molar-refractivity contribution is 5.76. The maximum Gasteiger partial charge on any atom is 0.313 e. The van der Waals surface area contributed by atoms with Crippen LogP contribution in [0.25, 0.3) is 0 Å². The Hall–Kier alpha value is -1.36. The zero-order chi connectivity index (χ0) is 9.42. The van der Waals surface area contributed by atoms with Gasteiger partial charge in [0.15, 0.2) is 0 Å². The predicted octanol–water partition coefficient (Wildman–Crippen LogP) is -0.308. The first-order valence-electron chi connectivity index (χ1n) is 4.14. The third kappa shape index (κ3) is 1.31. The Morgan fingerprint density at radius 2 is 2.62 bits per heavy atom. The second-order valence-corrected chi connectivity index (χ2v) is 3.23. The quantitative estimate of drug-likeness (QED) is 0.623. The molecule has 0 aromatic carbocycles. The number of nitrogens with zero attached hydrogens (tertiary/aromatic N) is 2. The van der Waals surface area contributed by atoms with Gasteiger partial charge in [0.2, 0.25) is 0 Å². The smallest absolute Gasteiger partial charge is 0.313 e. The van der Waals surface area contributed by atoms with Gasteiger partial charge in [0.1, 0.15) is 5.92 Å². The van der Waals surface area contributed by atoms with Gasteiger partial charge in [-0.2, -0.15) is 5.10 Å². The van der Waals surface area contributed by atoms with Gasteiger partial charge in [-0.15, -0.1) is 0 Å². The maximum atomic E-state index is 10.8. The number of fused-ring (bicyclic) bond motifs is 1. The molecular weight excluding hydrogens is 170 g/mol. The minimum Gasteiger partial charge on any atom is -0.481 e. The first-order chi connectivity index (χ1) is 6.18. The van der Waals surface area contributed by atoms with Crippen molar-refractivity contribution in [2.75, 3.05) is 6.54 Å². The second-order valence-electron chi connectivity index (χ2n) is 3.23. The van der Waals surface area contributed by atoms with E-state index in [1.807, 2.05) is 6.20 Å². The van der Waals surface area contributed by atoms with Crippen molar-refractivity contribution in [3.63, 3.8) is 0 Å². The lowest BCUT2D eigenvalue weighted by atomic mass is 9.99. The number of nitrogens with one attached hydrogen (secondary N) is 1. The number of aromatic nitrogens is 2. The standard InChI is InChI=1S/C8H11N3O2/c1-11-4-5-2-9-3-6(8(12)13)7(5)10-11/h4,6,9H,2-3H2,1H3,(H,12,13). The summed E-state index contributed by atoms with van der Waals surface area (Å²) in [5.41, 5.74) is 1.69. The van der Waals surface area contributed by atoms with Crippen molar-refractivity contribution in [1.29, 1.82) is 0 Å². The van der Waals surface area contributed by atoms with Crippen LogP contribution < -0.4 is 5.32 Å². The Labute approximate surface area is 75.4 Å². The Morgan fingerprint density at radius 3 is 3.31 bits per heavy atom. The van der Waals surface area contributed by atoms with Crippen molar-refractivity contribution < 1.29 is 9.90 Å². The van der Waals surface area contributed by atoms with E-state index in [9.17, 15) is 4.79 Å². The molecule has 1 aliphatic heterocycles. The third-order valence-corrected chi connectivity index (χ3v) is 2.23. The summed E-state index contributed by atoms with van der Waals surface area (Å²) >= 11 is 0. The van der Waals surface area contributed by atoms with E-state index in [1.54, 1.807) is 11.7 Å². The maximum absolute atomic E-state index is 10.8. The Bertz CT molecular complexity index is 345. The highest BCUT2D eigenvalue weighted by atomic mass is 16.4. The summed E-state index contributed by atoms with van der Waals surface area (Å²) in [6, 6.07) is 0. The van der Waals surface area contributed by atoms with E-state index in [-0.39, 0.29) is 0 Å². The van der Waals surface area contributed by atoms with Gasteiger partial charge in [0.05, 0.1) is 5.69 Å². The molecule has 13 heavy (non-hydrogen) atoms. The lowest BCUT2D eigenvalue weighted by molar-refractivity contribution is -0.138. The third-order valence-electron chi connectivity index (χ3n) is 2.23. The van der Waals surface area contributed by atoms with Gasteiger partial charge in [-0.1, -0.05) is 0 Å². The first-order valence-corrected chi connectivity index (χ1v) is 4.14. The molecule has 0 amide bonds. The monoisotopic (exact) mass is 181 g/mol. The molecule has 0 aliphatic carbocycles. The van der Waals surface area contributed by atoms with Crippen LogP contribution in [0.4, 0.5) is 0 Å². The van der Waals surface area contributed by atoms with Crippen LogP contribution in [0.5, 0.6) is 0 Å². The molecule has 0 radical (unpaired) electrons. The average Bonchev–Trinajstić information content (AvgIpc) is 2.43. The summed E-state index contributed by atoms with van der Waals surface area (Å²) in [7, 11) is 1.80. The van der Waals surface area contributed by atoms with E-state index in [0.717, 1.165) is 5.56 Å². The summed E-state index contributed by atoms with van der Waals surface area (Å²) in [4.78, 5) is 10.8. The van der Waals surface area contributed by atoms with E-state index in [0.29, 0.717) is 18.8 Å². The number of carboxylic acids is 1. The Balaban J connectivity index is 2.41. The normalized spacial score (nSPS) is 21.2. The van der Waals surface area contributed by atoms with Crippen LogP contribution in [0.15, 0.2) is 6.20 Å². The molecular formula is C8H11N3O2. The zero-order valence-corrected chi connectivity index (χ0v) is 7.32. The van der Waals surface area contributed by atoms with Gasteiger partial charge in [0, 0.05) is 31.9 Å². The van der Waals surface area contributed by atoms with E-state index in [2.05, 4.69) is 10.4 Å². The molecule has 5 nitrogen and oxygen atoms in total. The Kier molecular flexibility index (Phi) is 1.81. The van der Waals surface area contributed by atoms with E-state index >= 15 is 0 Å². The van der Waals surface area contributed by atoms with Crippen molar-refractivity contribution in [2.24, 2.45) is 7.05 Å². The number of rotatable bonds is 1. The zero-order valence-electron chi connectivity index (χ0n) is 7.32. The topological polar surface area (TPSA) is 67.2 Å². The molecule has 1 atom stereocenters. The highest BCUT2D eigenvalue weighted by Crippen LogP contribution is 2.21. The van der Waals surface area contributed by atoms with Crippen molar-refractivity contribution in [3.8, 4) is 0 Å². The molecule has 2 heterocycles. The lowest BCUT2D eigenvalue weighted by Crippen LogP contribution is -2.32. The molecule has 0 bridgehead atoms. The molecule has 2 N–H and O–H groups in total. The SMILES string of the molecule is Cn1cc2c(n1)C(C(=O)O)CNC2. The molecule has 1 aromatic heterocycles. The Morgan fingerprint density at radius 1 is 1.85 bits per heavy atom. The fourth-order valence-electron chi connectivity index (χ4n) is 1.64. The van der Waals surface area contributed by atoms with Crippen LogP contribution in [0, 0.1) is 0 Å². The van der Waals surface area contributed by atoms with Crippen molar-refractivity contribution in [1.82, 2.24) is 15.1 Å². The summed E-state index contributed by atoms with van der Waals surface area (Å²) in [6.45, 7) is 1.19. The van der Waals surface area contributed by atoms with Crippen LogP contribution in [0.3, 0.4) is 0 Å². The van der Waals surface area contributed by atoms with Crippen LogP contribution in [0.2, 0.25) is 0 Å². The molecule has 0 saturated carbocycles. The second kappa shape index (κ2) is 2.85. The van der Waals surface area contributed by atoms with Crippen LogP contribution in [0.1, 0.15) is 17.2 Å². The lowest BCUT2D eigenvalue weighted by Gasteiger charge is -2.17. The summed E-state index contributed by atoms with van der Waals surface area (Å²) in [6.07, 6.45) is 1.86. The molecule has 1 aromatic rings. The molecule has 5 heteroatoms. The largest absolute Gasteiger partial charge is 0.481 e. The van der Waals surface area contributed by atoms with E-state index in [4.69, 9.17) is 5.11 Å². The number of carbonyl (C=O) groups is 1. The number of carboxylic acid groups (broad SMARTS) is 1. The van der Waals surface area contributed by atoms with E-state index in [1.165, 1.54) is 0 Å². The number of aliphatic carboxylic acids is 1. The van der Waals surface area contributed by atoms with Gasteiger partial charge >= 0.3 is 5.97 Å². The highest BCUT2D eigenvalue weighted by Gasteiger charge is 2.28. The first kappa shape index (κ1) is 8.25. The summed E-state index contributed by atoms with van der Waals surface area (Å²) in [5.74, 6) is -1.31. The average molecular weight is 181 g/mol. The van der Waals surface area contributed by atoms with E-state index < -0.39 is 11.9 Å². The number of aryl methyl sites for hydroxylation is 1. The minimum absolute atomic E-state index is 0.472. The summed E-state index contributed by atoms with van der Waals surface area (Å²) < 4.78 is 1.66. The van der Waals surface area contributed by atoms with Crippen molar-refractivity contribution in [2.45, 2.75) is 12.5 Å². The molecule has 1 aliphatic rings. The van der Waals surface area contributed by atoms with Gasteiger partial charge in [-0.25, -0.2) is 0 Å². The van der Waals surface area contributed by atoms with Gasteiger partial charge in [-0.3, -0.25) is 9.48 Å². The van der Waals surface area contributed by atoms with Crippen molar-refractivity contribution >= 4 is 5.97 Å². The van der Waals surface area contributed by atoms with Crippen LogP contribution in [-0.4, -0.2) is 27.4 Å². The van der Waals surface area contributed by atoms with Gasteiger partial charge in [0.25, 0.3) is 0 Å². The molecule has 1 unspecified atom stereocenters. The molecule has 2 rings (SSSR count). The van der Waals surface area contributed by atoms with Crippen LogP contribution in [-0.2, 0) is 18.4 Å². The summed E-state index contributed by atoms with van der Waals surface area (Å²) in [5, 5.41) is 16.1. The van der Waals surface area contributed by atoms with Gasteiger partial charge in [-0.05, 0) is 0 Å². The molecule has 0 spiro atoms. The van der Waals surface area contributed by atoms with Gasteiger partial charge < -0.3 is 10.4 Å². The predicted molar refractivity (Wildman–Crippen MR) is 45.3 cm³/mol. The molecule has 0 saturated heterocycles. The van der Waals surface area contributed by atoms with Crippen LogP contribution >= 0.6 is 0 Å². The fraction of sp³-hybridized carbons (Fsp3) is 0.500. The molecule has 70 valence electrons. The number of hydrogen-bond donors (Lipinski definition) is 2. The minimum atomic E-state index is -0.813. The fourth-order valence-corrected chi connectivity index (χ4v) is 1.64. The molecule has 0 fully saturated rings.